The molecule has 0 atom stereocenters. The minimum atomic E-state index is -0.685. The first-order chi connectivity index (χ1) is 15.5. The number of methoxy groups -OCH3 is 1. The van der Waals surface area contributed by atoms with Crippen LogP contribution < -0.4 is 9.47 Å². The molecule has 0 aliphatic carbocycles. The summed E-state index contributed by atoms with van der Waals surface area (Å²) in [5, 5.41) is -0.486. The highest BCUT2D eigenvalue weighted by Gasteiger charge is 2.35. The van der Waals surface area contributed by atoms with Crippen molar-refractivity contribution >= 4 is 35.0 Å². The van der Waals surface area contributed by atoms with Crippen LogP contribution in [-0.4, -0.2) is 29.1 Å². The molecule has 2 heterocycles. The second-order valence-corrected chi connectivity index (χ2v) is 7.63. The van der Waals surface area contributed by atoms with Crippen LogP contribution >= 0.6 is 11.8 Å². The summed E-state index contributed by atoms with van der Waals surface area (Å²) in [5.41, 5.74) is 0.802. The minimum Gasteiger partial charge on any atom is -0.493 e. The number of thioether (sulfide) groups is 1. The Kier molecular flexibility index (Phi) is 6.09. The van der Waals surface area contributed by atoms with E-state index in [4.69, 9.17) is 13.9 Å². The number of ether oxygens (including phenoxy) is 2. The first-order valence-electron chi connectivity index (χ1n) is 9.39. The molecule has 0 N–H and O–H groups in total. The molecule has 0 radical (unpaired) electrons. The van der Waals surface area contributed by atoms with Crippen LogP contribution in [0.5, 0.6) is 11.5 Å². The smallest absolute Gasteiger partial charge is 0.379 e. The lowest BCUT2D eigenvalue weighted by molar-refractivity contribution is -0.123. The summed E-state index contributed by atoms with van der Waals surface area (Å²) in [6.07, 6.45) is 2.88. The van der Waals surface area contributed by atoms with Crippen LogP contribution in [0.2, 0.25) is 0 Å². The van der Waals surface area contributed by atoms with Crippen LogP contribution in [0.1, 0.15) is 21.7 Å². The average molecular weight is 453 g/mol. The van der Waals surface area contributed by atoms with E-state index in [-0.39, 0.29) is 34.3 Å². The Labute approximate surface area is 186 Å². The third kappa shape index (κ3) is 4.42. The SMILES string of the molecule is COc1cc(/C=C2\SC(=O)N(Cc3ccccc3F)C2=O)ccc1OC(=O)c1ccco1. The summed E-state index contributed by atoms with van der Waals surface area (Å²) in [4.78, 5) is 38.3. The van der Waals surface area contributed by atoms with Gasteiger partial charge in [-0.05, 0) is 53.7 Å². The van der Waals surface area contributed by atoms with Gasteiger partial charge in [0.2, 0.25) is 5.76 Å². The summed E-state index contributed by atoms with van der Waals surface area (Å²) in [6, 6.07) is 13.7. The summed E-state index contributed by atoms with van der Waals surface area (Å²) < 4.78 is 29.5. The van der Waals surface area contributed by atoms with Crippen LogP contribution in [0.4, 0.5) is 9.18 Å². The van der Waals surface area contributed by atoms with Gasteiger partial charge in [-0.1, -0.05) is 24.3 Å². The molecule has 1 aliphatic heterocycles. The number of amides is 2. The van der Waals surface area contributed by atoms with Gasteiger partial charge in [0, 0.05) is 5.56 Å². The Balaban J connectivity index is 1.53. The summed E-state index contributed by atoms with van der Waals surface area (Å²) in [5.74, 6) is -1.23. The molecule has 0 unspecified atom stereocenters. The predicted molar refractivity (Wildman–Crippen MR) is 115 cm³/mol. The van der Waals surface area contributed by atoms with Crippen molar-refractivity contribution in [3.63, 3.8) is 0 Å². The predicted octanol–water partition coefficient (Wildman–Crippen LogP) is 4.88. The van der Waals surface area contributed by atoms with Gasteiger partial charge in [-0.15, -0.1) is 0 Å². The minimum absolute atomic E-state index is 0.0413. The first kappa shape index (κ1) is 21.4. The zero-order valence-electron chi connectivity index (χ0n) is 16.7. The molecule has 0 bridgehead atoms. The number of hydrogen-bond acceptors (Lipinski definition) is 7. The van der Waals surface area contributed by atoms with Crippen LogP contribution in [0.25, 0.3) is 6.08 Å². The number of carbonyl (C=O) groups is 3. The lowest BCUT2D eigenvalue weighted by Crippen LogP contribution is -2.27. The van der Waals surface area contributed by atoms with E-state index in [1.807, 2.05) is 0 Å². The van der Waals surface area contributed by atoms with Crippen molar-refractivity contribution in [1.82, 2.24) is 4.90 Å². The average Bonchev–Trinajstić information content (AvgIpc) is 3.41. The van der Waals surface area contributed by atoms with Gasteiger partial charge in [0.05, 0.1) is 24.8 Å². The van der Waals surface area contributed by atoms with Crippen molar-refractivity contribution in [1.29, 1.82) is 0 Å². The van der Waals surface area contributed by atoms with Gasteiger partial charge in [0.1, 0.15) is 5.82 Å². The van der Waals surface area contributed by atoms with E-state index in [0.29, 0.717) is 5.56 Å². The molecule has 9 heteroatoms. The molecule has 2 amide bonds. The van der Waals surface area contributed by atoms with Gasteiger partial charge >= 0.3 is 5.97 Å². The third-order valence-corrected chi connectivity index (χ3v) is 5.48. The van der Waals surface area contributed by atoms with Crippen LogP contribution in [-0.2, 0) is 11.3 Å². The molecule has 2 aromatic carbocycles. The van der Waals surface area contributed by atoms with Gasteiger partial charge in [0.25, 0.3) is 11.1 Å². The zero-order chi connectivity index (χ0) is 22.7. The van der Waals surface area contributed by atoms with Crippen molar-refractivity contribution in [2.75, 3.05) is 7.11 Å². The number of benzene rings is 2. The molecular formula is C23H16FNO6S. The van der Waals surface area contributed by atoms with Crippen LogP contribution in [0.15, 0.2) is 70.2 Å². The molecular weight excluding hydrogens is 437 g/mol. The van der Waals surface area contributed by atoms with E-state index in [1.165, 1.54) is 49.8 Å². The largest absolute Gasteiger partial charge is 0.493 e. The fraction of sp³-hybridized carbons (Fsp3) is 0.0870. The molecule has 32 heavy (non-hydrogen) atoms. The highest BCUT2D eigenvalue weighted by atomic mass is 32.2. The van der Waals surface area contributed by atoms with Gasteiger partial charge < -0.3 is 13.9 Å². The normalized spacial score (nSPS) is 14.8. The highest BCUT2D eigenvalue weighted by molar-refractivity contribution is 8.18. The Bertz CT molecular complexity index is 1220. The van der Waals surface area contributed by atoms with E-state index in [9.17, 15) is 18.8 Å². The summed E-state index contributed by atoms with van der Waals surface area (Å²) >= 11 is 0.766. The second kappa shape index (κ2) is 9.11. The maximum Gasteiger partial charge on any atom is 0.379 e. The molecule has 0 saturated carbocycles. The van der Waals surface area contributed by atoms with Crippen molar-refractivity contribution in [3.05, 3.63) is 88.5 Å². The molecule has 1 aliphatic rings. The monoisotopic (exact) mass is 453 g/mol. The Hall–Kier alpha value is -3.85. The number of esters is 1. The maximum atomic E-state index is 13.9. The molecule has 1 saturated heterocycles. The number of rotatable bonds is 6. The lowest BCUT2D eigenvalue weighted by Gasteiger charge is -2.12. The molecule has 162 valence electrons. The molecule has 0 spiro atoms. The Morgan fingerprint density at radius 2 is 1.94 bits per heavy atom. The van der Waals surface area contributed by atoms with E-state index < -0.39 is 22.9 Å². The molecule has 1 aromatic heterocycles. The summed E-state index contributed by atoms with van der Waals surface area (Å²) in [6.45, 7) is -0.153. The number of nitrogens with zero attached hydrogens (tertiary/aromatic N) is 1. The lowest BCUT2D eigenvalue weighted by atomic mass is 10.1. The molecule has 7 nitrogen and oxygen atoms in total. The zero-order valence-corrected chi connectivity index (χ0v) is 17.6. The van der Waals surface area contributed by atoms with Crippen molar-refractivity contribution in [2.45, 2.75) is 6.54 Å². The highest BCUT2D eigenvalue weighted by Crippen LogP contribution is 2.35. The quantitative estimate of drug-likeness (QED) is 0.299. The van der Waals surface area contributed by atoms with E-state index in [1.54, 1.807) is 24.3 Å². The molecule has 1 fully saturated rings. The van der Waals surface area contributed by atoms with E-state index >= 15 is 0 Å². The van der Waals surface area contributed by atoms with Crippen LogP contribution in [0.3, 0.4) is 0 Å². The number of furan rings is 1. The fourth-order valence-corrected chi connectivity index (χ4v) is 3.83. The van der Waals surface area contributed by atoms with Crippen molar-refractivity contribution in [3.8, 4) is 11.5 Å². The number of hydrogen-bond donors (Lipinski definition) is 0. The van der Waals surface area contributed by atoms with E-state index in [2.05, 4.69) is 0 Å². The van der Waals surface area contributed by atoms with Gasteiger partial charge in [-0.2, -0.15) is 0 Å². The maximum absolute atomic E-state index is 13.9. The van der Waals surface area contributed by atoms with Crippen LogP contribution in [0, 0.1) is 5.82 Å². The standard InChI is InChI=1S/C23H16FNO6S/c1-29-19-11-14(8-9-17(19)31-22(27)18-7-4-10-30-18)12-20-21(26)25(23(28)32-20)13-15-5-2-3-6-16(15)24/h2-12H,13H2,1H3/b20-12-. The number of carbonyl (C=O) groups excluding carboxylic acids is 3. The first-order valence-corrected chi connectivity index (χ1v) is 10.2. The van der Waals surface area contributed by atoms with Crippen molar-refractivity contribution < 1.29 is 32.7 Å². The molecule has 4 rings (SSSR count). The number of imide groups is 1. The fourth-order valence-electron chi connectivity index (χ4n) is 2.99. The van der Waals surface area contributed by atoms with Gasteiger partial charge in [0.15, 0.2) is 11.5 Å². The third-order valence-electron chi connectivity index (χ3n) is 4.57. The van der Waals surface area contributed by atoms with Gasteiger partial charge in [-0.25, -0.2) is 9.18 Å². The Morgan fingerprint density at radius 3 is 2.66 bits per heavy atom. The molecule has 3 aromatic rings. The summed E-state index contributed by atoms with van der Waals surface area (Å²) in [7, 11) is 1.41. The second-order valence-electron chi connectivity index (χ2n) is 6.64. The number of halogens is 1. The van der Waals surface area contributed by atoms with Gasteiger partial charge in [-0.3, -0.25) is 14.5 Å². The topological polar surface area (TPSA) is 86.0 Å². The van der Waals surface area contributed by atoms with Crippen molar-refractivity contribution in [2.24, 2.45) is 0 Å². The Morgan fingerprint density at radius 1 is 1.12 bits per heavy atom. The van der Waals surface area contributed by atoms with E-state index in [0.717, 1.165) is 16.7 Å².